The molecule has 20 heavy (non-hydrogen) atoms. The van der Waals surface area contributed by atoms with Gasteiger partial charge in [-0.25, -0.2) is 0 Å². The van der Waals surface area contributed by atoms with E-state index in [9.17, 15) is 4.79 Å². The molecule has 0 heterocycles. The van der Waals surface area contributed by atoms with Gasteiger partial charge in [-0.15, -0.1) is 0 Å². The molecule has 1 aliphatic carbocycles. The van der Waals surface area contributed by atoms with Gasteiger partial charge in [0.25, 0.3) is 0 Å². The Morgan fingerprint density at radius 1 is 1.05 bits per heavy atom. The van der Waals surface area contributed by atoms with Crippen LogP contribution in [-0.4, -0.2) is 5.78 Å². The molecule has 2 aromatic rings. The number of benzene rings is 2. The summed E-state index contributed by atoms with van der Waals surface area (Å²) in [5.74, 6) is 1.08. The number of hydrogen-bond acceptors (Lipinski definition) is 2. The van der Waals surface area contributed by atoms with Crippen LogP contribution in [0.15, 0.2) is 46.9 Å². The largest absolute Gasteiger partial charge is 0.489 e. The number of carbonyl (C=O) groups is 1. The molecule has 0 fully saturated rings. The van der Waals surface area contributed by atoms with Crippen LogP contribution in [0.4, 0.5) is 0 Å². The molecule has 0 saturated carbocycles. The number of fused-ring (bicyclic) bond motifs is 1. The molecule has 0 spiro atoms. The molecule has 0 aliphatic heterocycles. The third kappa shape index (κ3) is 2.78. The second-order valence-electron chi connectivity index (χ2n) is 4.97. The van der Waals surface area contributed by atoms with Gasteiger partial charge in [-0.2, -0.15) is 0 Å². The molecule has 1 aliphatic rings. The number of rotatable bonds is 3. The SMILES string of the molecule is O=C1CCCc2c(OCc3ccc(Br)cc3)cccc21. The van der Waals surface area contributed by atoms with Crippen molar-refractivity contribution in [1.82, 2.24) is 0 Å². The molecule has 3 heteroatoms. The van der Waals surface area contributed by atoms with Gasteiger partial charge in [-0.05, 0) is 36.6 Å². The minimum absolute atomic E-state index is 0.236. The number of ether oxygens (including phenoxy) is 1. The van der Waals surface area contributed by atoms with E-state index in [1.54, 1.807) is 0 Å². The Bertz CT molecular complexity index is 632. The summed E-state index contributed by atoms with van der Waals surface area (Å²) in [4.78, 5) is 11.9. The first kappa shape index (κ1) is 13.4. The van der Waals surface area contributed by atoms with E-state index in [0.717, 1.165) is 39.8 Å². The van der Waals surface area contributed by atoms with Crippen molar-refractivity contribution in [2.24, 2.45) is 0 Å². The topological polar surface area (TPSA) is 26.3 Å². The van der Waals surface area contributed by atoms with Crippen molar-refractivity contribution in [2.45, 2.75) is 25.9 Å². The number of ketones is 1. The Hall–Kier alpha value is -1.61. The summed E-state index contributed by atoms with van der Waals surface area (Å²) in [6.45, 7) is 0.526. The average Bonchev–Trinajstić information content (AvgIpc) is 2.47. The fraction of sp³-hybridized carbons (Fsp3) is 0.235. The summed E-state index contributed by atoms with van der Waals surface area (Å²) in [7, 11) is 0. The highest BCUT2D eigenvalue weighted by atomic mass is 79.9. The number of halogens is 1. The second-order valence-corrected chi connectivity index (χ2v) is 5.89. The molecule has 0 unspecified atom stereocenters. The first-order valence-electron chi connectivity index (χ1n) is 6.76. The van der Waals surface area contributed by atoms with Crippen LogP contribution in [0, 0.1) is 0 Å². The Labute approximate surface area is 126 Å². The van der Waals surface area contributed by atoms with Gasteiger partial charge in [0.15, 0.2) is 5.78 Å². The van der Waals surface area contributed by atoms with E-state index in [1.165, 1.54) is 0 Å². The van der Waals surface area contributed by atoms with Gasteiger partial charge >= 0.3 is 0 Å². The molecular weight excluding hydrogens is 316 g/mol. The summed E-state index contributed by atoms with van der Waals surface area (Å²) < 4.78 is 6.97. The predicted octanol–water partition coefficient (Wildman–Crippen LogP) is 4.55. The molecule has 3 rings (SSSR count). The van der Waals surface area contributed by atoms with Crippen LogP contribution in [-0.2, 0) is 13.0 Å². The van der Waals surface area contributed by atoms with Gasteiger partial charge in [0.1, 0.15) is 12.4 Å². The lowest BCUT2D eigenvalue weighted by molar-refractivity contribution is 0.0971. The number of Topliss-reactive ketones (excluding diaryl/α,β-unsaturated/α-hetero) is 1. The normalized spacial score (nSPS) is 13.9. The van der Waals surface area contributed by atoms with Crippen molar-refractivity contribution in [2.75, 3.05) is 0 Å². The molecule has 0 aromatic heterocycles. The first-order valence-corrected chi connectivity index (χ1v) is 7.55. The summed E-state index contributed by atoms with van der Waals surface area (Å²) in [6, 6.07) is 13.8. The Kier molecular flexibility index (Phi) is 3.88. The van der Waals surface area contributed by atoms with Gasteiger partial charge in [0, 0.05) is 22.0 Å². The molecule has 0 amide bonds. The predicted molar refractivity (Wildman–Crippen MR) is 82.2 cm³/mol. The lowest BCUT2D eigenvalue weighted by Gasteiger charge is -2.18. The summed E-state index contributed by atoms with van der Waals surface area (Å²) in [6.07, 6.45) is 2.51. The van der Waals surface area contributed by atoms with Crippen LogP contribution >= 0.6 is 15.9 Å². The lowest BCUT2D eigenvalue weighted by atomic mass is 9.90. The first-order chi connectivity index (χ1) is 9.74. The molecule has 0 atom stereocenters. The van der Waals surface area contributed by atoms with Crippen LogP contribution < -0.4 is 4.74 Å². The average molecular weight is 331 g/mol. The van der Waals surface area contributed by atoms with E-state index >= 15 is 0 Å². The minimum atomic E-state index is 0.236. The third-order valence-electron chi connectivity index (χ3n) is 3.57. The van der Waals surface area contributed by atoms with Crippen molar-refractivity contribution in [3.8, 4) is 5.75 Å². The van der Waals surface area contributed by atoms with Gasteiger partial charge < -0.3 is 4.74 Å². The Balaban J connectivity index is 1.79. The smallest absolute Gasteiger partial charge is 0.163 e. The molecular formula is C17H15BrO2. The van der Waals surface area contributed by atoms with E-state index in [0.29, 0.717) is 13.0 Å². The van der Waals surface area contributed by atoms with Crippen LogP contribution in [0.3, 0.4) is 0 Å². The molecule has 0 bridgehead atoms. The summed E-state index contributed by atoms with van der Waals surface area (Å²) in [5, 5.41) is 0. The summed E-state index contributed by atoms with van der Waals surface area (Å²) in [5.41, 5.74) is 3.03. The zero-order valence-corrected chi connectivity index (χ0v) is 12.7. The van der Waals surface area contributed by atoms with E-state index in [2.05, 4.69) is 15.9 Å². The maximum atomic E-state index is 11.9. The number of hydrogen-bond donors (Lipinski definition) is 0. The molecule has 0 N–H and O–H groups in total. The summed E-state index contributed by atoms with van der Waals surface area (Å²) >= 11 is 3.42. The van der Waals surface area contributed by atoms with Crippen molar-refractivity contribution < 1.29 is 9.53 Å². The Morgan fingerprint density at radius 2 is 1.85 bits per heavy atom. The number of carbonyl (C=O) groups excluding carboxylic acids is 1. The molecule has 0 saturated heterocycles. The molecule has 0 radical (unpaired) electrons. The molecule has 2 aromatic carbocycles. The maximum Gasteiger partial charge on any atom is 0.163 e. The van der Waals surface area contributed by atoms with E-state index in [-0.39, 0.29) is 5.78 Å². The van der Waals surface area contributed by atoms with E-state index < -0.39 is 0 Å². The van der Waals surface area contributed by atoms with Crippen molar-refractivity contribution in [1.29, 1.82) is 0 Å². The van der Waals surface area contributed by atoms with Gasteiger partial charge in [-0.3, -0.25) is 4.79 Å². The molecule has 2 nitrogen and oxygen atoms in total. The zero-order valence-electron chi connectivity index (χ0n) is 11.1. The van der Waals surface area contributed by atoms with Crippen LogP contribution in [0.5, 0.6) is 5.75 Å². The Morgan fingerprint density at radius 3 is 2.65 bits per heavy atom. The van der Waals surface area contributed by atoms with Crippen molar-refractivity contribution >= 4 is 21.7 Å². The quantitative estimate of drug-likeness (QED) is 0.825. The maximum absolute atomic E-state index is 11.9. The van der Waals surface area contributed by atoms with Crippen LogP contribution in [0.2, 0.25) is 0 Å². The van der Waals surface area contributed by atoms with Crippen LogP contribution in [0.1, 0.15) is 34.3 Å². The standard InChI is InChI=1S/C17H15BrO2/c18-13-9-7-12(8-10-13)11-20-17-6-2-3-14-15(17)4-1-5-16(14)19/h2-3,6-10H,1,4-5,11H2. The molecule has 102 valence electrons. The highest BCUT2D eigenvalue weighted by molar-refractivity contribution is 9.10. The zero-order chi connectivity index (χ0) is 13.9. The van der Waals surface area contributed by atoms with E-state index in [4.69, 9.17) is 4.74 Å². The van der Waals surface area contributed by atoms with Crippen molar-refractivity contribution in [3.63, 3.8) is 0 Å². The van der Waals surface area contributed by atoms with Gasteiger partial charge in [0.05, 0.1) is 0 Å². The van der Waals surface area contributed by atoms with Crippen molar-refractivity contribution in [3.05, 3.63) is 63.6 Å². The minimum Gasteiger partial charge on any atom is -0.489 e. The van der Waals surface area contributed by atoms with E-state index in [1.807, 2.05) is 42.5 Å². The fourth-order valence-corrected chi connectivity index (χ4v) is 2.79. The third-order valence-corrected chi connectivity index (χ3v) is 4.10. The lowest BCUT2D eigenvalue weighted by Crippen LogP contribution is -2.12. The van der Waals surface area contributed by atoms with Gasteiger partial charge in [0.2, 0.25) is 0 Å². The monoisotopic (exact) mass is 330 g/mol. The second kappa shape index (κ2) is 5.80. The van der Waals surface area contributed by atoms with Crippen LogP contribution in [0.25, 0.3) is 0 Å². The highest BCUT2D eigenvalue weighted by Gasteiger charge is 2.20. The fourth-order valence-electron chi connectivity index (χ4n) is 2.52. The highest BCUT2D eigenvalue weighted by Crippen LogP contribution is 2.30. The van der Waals surface area contributed by atoms with Gasteiger partial charge in [-0.1, -0.05) is 40.2 Å².